The van der Waals surface area contributed by atoms with E-state index in [2.05, 4.69) is 0 Å². The standard InChI is InChI=1S/C20H9Cl2F6NO4/c1-6-13(23)11(21)19(17(27)15(6)25)32-8-3-4-9(29(30)31)10(5-8)33-20-12(22)14(24)7(2)16(26)18(20)28/h3-5H,1-2H3. The Hall–Kier alpha value is -3.18. The third-order valence-corrected chi connectivity index (χ3v) is 5.12. The van der Waals surface area contributed by atoms with E-state index in [0.717, 1.165) is 26.0 Å². The lowest BCUT2D eigenvalue weighted by atomic mass is 10.2. The van der Waals surface area contributed by atoms with Gasteiger partial charge in [-0.05, 0) is 19.9 Å². The van der Waals surface area contributed by atoms with Gasteiger partial charge in [-0.3, -0.25) is 10.1 Å². The van der Waals surface area contributed by atoms with E-state index in [1.165, 1.54) is 0 Å². The molecule has 3 aromatic carbocycles. The van der Waals surface area contributed by atoms with Gasteiger partial charge in [-0.2, -0.15) is 8.78 Å². The van der Waals surface area contributed by atoms with E-state index in [0.29, 0.717) is 6.07 Å². The number of hydrogen-bond donors (Lipinski definition) is 0. The summed E-state index contributed by atoms with van der Waals surface area (Å²) in [6.07, 6.45) is 0. The van der Waals surface area contributed by atoms with Crippen LogP contribution in [0.1, 0.15) is 11.1 Å². The molecule has 13 heteroatoms. The van der Waals surface area contributed by atoms with E-state index in [9.17, 15) is 36.5 Å². The maximum atomic E-state index is 14.3. The maximum absolute atomic E-state index is 14.3. The van der Waals surface area contributed by atoms with Gasteiger partial charge in [-0.25, -0.2) is 17.6 Å². The second kappa shape index (κ2) is 8.99. The Balaban J connectivity index is 2.13. The van der Waals surface area contributed by atoms with Gasteiger partial charge in [0.25, 0.3) is 0 Å². The molecular weight excluding hydrogens is 503 g/mol. The summed E-state index contributed by atoms with van der Waals surface area (Å²) in [6, 6.07) is 2.30. The van der Waals surface area contributed by atoms with Crippen LogP contribution in [0.2, 0.25) is 10.0 Å². The van der Waals surface area contributed by atoms with Crippen molar-refractivity contribution in [2.24, 2.45) is 0 Å². The Bertz CT molecular complexity index is 1260. The summed E-state index contributed by atoms with van der Waals surface area (Å²) < 4.78 is 94.4. The van der Waals surface area contributed by atoms with Crippen molar-refractivity contribution in [3.8, 4) is 23.0 Å². The minimum Gasteiger partial charge on any atom is -0.452 e. The molecule has 0 saturated carbocycles. The van der Waals surface area contributed by atoms with E-state index < -0.39 is 89.7 Å². The molecule has 0 saturated heterocycles. The SMILES string of the molecule is Cc1c(F)c(F)c(Oc2ccc([N+](=O)[O-])c(Oc3c(F)c(F)c(C)c(F)c3Cl)c2)c(Cl)c1F. The molecule has 0 heterocycles. The summed E-state index contributed by atoms with van der Waals surface area (Å²) in [4.78, 5) is 10.3. The second-order valence-corrected chi connectivity index (χ2v) is 7.27. The summed E-state index contributed by atoms with van der Waals surface area (Å²) in [5.41, 5.74) is -2.32. The summed E-state index contributed by atoms with van der Waals surface area (Å²) in [5.74, 6) is -13.0. The molecular formula is C20H9Cl2F6NO4. The minimum atomic E-state index is -1.74. The number of nitro groups is 1. The molecule has 5 nitrogen and oxygen atoms in total. The van der Waals surface area contributed by atoms with Crippen LogP contribution >= 0.6 is 23.2 Å². The van der Waals surface area contributed by atoms with Crippen LogP contribution in [0.4, 0.5) is 32.0 Å². The van der Waals surface area contributed by atoms with Crippen molar-refractivity contribution in [1.29, 1.82) is 0 Å². The van der Waals surface area contributed by atoms with Gasteiger partial charge in [0.2, 0.25) is 17.4 Å². The van der Waals surface area contributed by atoms with Gasteiger partial charge in [0.15, 0.2) is 34.8 Å². The highest BCUT2D eigenvalue weighted by molar-refractivity contribution is 6.32. The zero-order valence-corrected chi connectivity index (χ0v) is 17.8. The average Bonchev–Trinajstić information content (AvgIpc) is 2.79. The van der Waals surface area contributed by atoms with Gasteiger partial charge in [-0.1, -0.05) is 23.2 Å². The Morgan fingerprint density at radius 2 is 1.21 bits per heavy atom. The zero-order chi connectivity index (χ0) is 24.8. The molecule has 0 aliphatic carbocycles. The lowest BCUT2D eigenvalue weighted by Gasteiger charge is -2.14. The number of rotatable bonds is 5. The van der Waals surface area contributed by atoms with Crippen LogP contribution in [0.15, 0.2) is 18.2 Å². The van der Waals surface area contributed by atoms with Crippen LogP contribution < -0.4 is 9.47 Å². The summed E-state index contributed by atoms with van der Waals surface area (Å²) in [5, 5.41) is 9.37. The topological polar surface area (TPSA) is 61.6 Å². The number of halogens is 8. The average molecular weight is 512 g/mol. The predicted octanol–water partition coefficient (Wildman–Crippen LogP) is 7.94. The molecule has 0 aromatic heterocycles. The largest absolute Gasteiger partial charge is 0.452 e. The van der Waals surface area contributed by atoms with Crippen LogP contribution in [0, 0.1) is 58.9 Å². The lowest BCUT2D eigenvalue weighted by Crippen LogP contribution is -2.03. The van der Waals surface area contributed by atoms with E-state index >= 15 is 0 Å². The number of ether oxygens (including phenoxy) is 2. The Labute approximate surface area is 191 Å². The molecule has 0 aliphatic rings. The molecule has 0 N–H and O–H groups in total. The molecule has 0 fully saturated rings. The fraction of sp³-hybridized carbons (Fsp3) is 0.100. The molecule has 0 radical (unpaired) electrons. The smallest absolute Gasteiger partial charge is 0.311 e. The van der Waals surface area contributed by atoms with Crippen LogP contribution in [-0.2, 0) is 0 Å². The molecule has 0 unspecified atom stereocenters. The van der Waals surface area contributed by atoms with E-state index in [1.807, 2.05) is 0 Å². The van der Waals surface area contributed by atoms with Crippen molar-refractivity contribution < 1.29 is 40.7 Å². The van der Waals surface area contributed by atoms with E-state index in [1.54, 1.807) is 0 Å². The van der Waals surface area contributed by atoms with E-state index in [4.69, 9.17) is 32.7 Å². The lowest BCUT2D eigenvalue weighted by molar-refractivity contribution is -0.385. The summed E-state index contributed by atoms with van der Waals surface area (Å²) in [6.45, 7) is 1.83. The molecule has 3 aromatic rings. The van der Waals surface area contributed by atoms with E-state index in [-0.39, 0.29) is 0 Å². The molecule has 3 rings (SSSR count). The van der Waals surface area contributed by atoms with Gasteiger partial charge in [0.1, 0.15) is 15.8 Å². The van der Waals surface area contributed by atoms with Crippen molar-refractivity contribution in [1.82, 2.24) is 0 Å². The molecule has 33 heavy (non-hydrogen) atoms. The highest BCUT2D eigenvalue weighted by atomic mass is 35.5. The highest BCUT2D eigenvalue weighted by Crippen LogP contribution is 2.43. The monoisotopic (exact) mass is 511 g/mol. The predicted molar refractivity (Wildman–Crippen MR) is 105 cm³/mol. The first kappa shape index (κ1) is 24.5. The molecule has 0 amide bonds. The van der Waals surface area contributed by atoms with Gasteiger partial charge >= 0.3 is 5.69 Å². The molecule has 0 atom stereocenters. The fourth-order valence-corrected chi connectivity index (χ4v) is 3.17. The van der Waals surface area contributed by atoms with Gasteiger partial charge in [0, 0.05) is 23.3 Å². The molecule has 174 valence electrons. The maximum Gasteiger partial charge on any atom is 0.311 e. The number of nitro benzene ring substituents is 1. The first-order chi connectivity index (χ1) is 15.4. The quantitative estimate of drug-likeness (QED) is 0.151. The fourth-order valence-electron chi connectivity index (χ4n) is 2.64. The van der Waals surface area contributed by atoms with Crippen LogP contribution in [-0.4, -0.2) is 4.92 Å². The van der Waals surface area contributed by atoms with Gasteiger partial charge < -0.3 is 9.47 Å². The van der Waals surface area contributed by atoms with Crippen molar-refractivity contribution in [3.05, 3.63) is 84.4 Å². The van der Waals surface area contributed by atoms with Gasteiger partial charge in [-0.15, -0.1) is 0 Å². The van der Waals surface area contributed by atoms with Crippen molar-refractivity contribution in [2.45, 2.75) is 13.8 Å². The number of benzene rings is 3. The van der Waals surface area contributed by atoms with Crippen molar-refractivity contribution in [2.75, 3.05) is 0 Å². The Morgan fingerprint density at radius 3 is 1.67 bits per heavy atom. The second-order valence-electron chi connectivity index (χ2n) is 6.51. The molecule has 0 bridgehead atoms. The van der Waals surface area contributed by atoms with Crippen LogP contribution in [0.3, 0.4) is 0 Å². The third kappa shape index (κ3) is 4.25. The van der Waals surface area contributed by atoms with Crippen molar-refractivity contribution >= 4 is 28.9 Å². The summed E-state index contributed by atoms with van der Waals surface area (Å²) in [7, 11) is 0. The number of hydrogen-bond acceptors (Lipinski definition) is 4. The van der Waals surface area contributed by atoms with Crippen molar-refractivity contribution in [3.63, 3.8) is 0 Å². The molecule has 0 aliphatic heterocycles. The highest BCUT2D eigenvalue weighted by Gasteiger charge is 2.28. The Morgan fingerprint density at radius 1 is 0.758 bits per heavy atom. The number of nitrogens with zero attached hydrogens (tertiary/aromatic N) is 1. The minimum absolute atomic E-state index is 0.511. The Kier molecular flexibility index (Phi) is 6.66. The zero-order valence-electron chi connectivity index (χ0n) is 16.3. The third-order valence-electron chi connectivity index (χ3n) is 4.45. The van der Waals surface area contributed by atoms with Crippen LogP contribution in [0.5, 0.6) is 23.0 Å². The first-order valence-corrected chi connectivity index (χ1v) is 9.41. The van der Waals surface area contributed by atoms with Gasteiger partial charge in [0.05, 0.1) is 4.92 Å². The van der Waals surface area contributed by atoms with Crippen LogP contribution in [0.25, 0.3) is 0 Å². The first-order valence-electron chi connectivity index (χ1n) is 8.66. The normalized spacial score (nSPS) is 11.0. The summed E-state index contributed by atoms with van der Waals surface area (Å²) >= 11 is 11.3. The molecule has 0 spiro atoms.